The number of hydrogen-bond acceptors (Lipinski definition) is 7. The summed E-state index contributed by atoms with van der Waals surface area (Å²) in [5.74, 6) is -1.10. The molecule has 3 aliphatic rings. The van der Waals surface area contributed by atoms with Crippen molar-refractivity contribution >= 4 is 21.8 Å². The molecule has 0 aromatic heterocycles. The molecule has 4 N–H and O–H groups in total. The third-order valence-corrected chi connectivity index (χ3v) is 7.48. The van der Waals surface area contributed by atoms with E-state index in [4.69, 9.17) is 4.74 Å². The lowest BCUT2D eigenvalue weighted by atomic mass is 9.90. The predicted molar refractivity (Wildman–Crippen MR) is 104 cm³/mol. The summed E-state index contributed by atoms with van der Waals surface area (Å²) in [4.78, 5) is 26.9. The average Bonchev–Trinajstić information content (AvgIpc) is 3.47. The highest BCUT2D eigenvalue weighted by Crippen LogP contribution is 2.30. The van der Waals surface area contributed by atoms with Gasteiger partial charge in [0.1, 0.15) is 6.04 Å². The Kier molecular flexibility index (Phi) is 7.36. The number of hydrogen-bond donors (Lipinski definition) is 4. The van der Waals surface area contributed by atoms with Gasteiger partial charge in [-0.1, -0.05) is 0 Å². The number of rotatable bonds is 7. The zero-order valence-electron chi connectivity index (χ0n) is 16.5. The summed E-state index contributed by atoms with van der Waals surface area (Å²) in [6.07, 6.45) is 1.40. The molecule has 10 nitrogen and oxygen atoms in total. The highest BCUT2D eigenvalue weighted by Gasteiger charge is 2.37. The molecule has 0 bridgehead atoms. The van der Waals surface area contributed by atoms with Crippen molar-refractivity contribution in [3.63, 3.8) is 0 Å². The number of urea groups is 1. The van der Waals surface area contributed by atoms with Gasteiger partial charge in [-0.15, -0.1) is 0 Å². The number of carbonyl (C=O) groups is 2. The number of sulfone groups is 1. The number of aliphatic hydroxyl groups excluding tert-OH is 2. The van der Waals surface area contributed by atoms with E-state index in [0.29, 0.717) is 45.6 Å². The maximum Gasteiger partial charge on any atom is 0.318 e. The Bertz CT molecular complexity index is 682. The topological polar surface area (TPSA) is 145 Å². The van der Waals surface area contributed by atoms with Crippen molar-refractivity contribution in [1.82, 2.24) is 15.5 Å². The van der Waals surface area contributed by atoms with Gasteiger partial charge in [0.2, 0.25) is 5.91 Å². The molecule has 0 spiro atoms. The van der Waals surface area contributed by atoms with Gasteiger partial charge in [-0.05, 0) is 38.0 Å². The number of nitrogens with one attached hydrogen (secondary N) is 2. The second-order valence-electron chi connectivity index (χ2n) is 8.22. The minimum Gasteiger partial charge on any atom is -0.391 e. The van der Waals surface area contributed by atoms with E-state index in [-0.39, 0.29) is 11.7 Å². The molecule has 2 saturated carbocycles. The fourth-order valence-corrected chi connectivity index (χ4v) is 5.69. The zero-order valence-corrected chi connectivity index (χ0v) is 17.3. The van der Waals surface area contributed by atoms with E-state index in [1.807, 2.05) is 0 Å². The first-order valence-corrected chi connectivity index (χ1v) is 12.1. The summed E-state index contributed by atoms with van der Waals surface area (Å²) < 4.78 is 30.2. The summed E-state index contributed by atoms with van der Waals surface area (Å²) in [5, 5.41) is 25.3. The quantitative estimate of drug-likeness (QED) is 0.387. The van der Waals surface area contributed by atoms with E-state index in [2.05, 4.69) is 10.6 Å². The molecular formula is C18H31N3O7S. The molecule has 3 rings (SSSR count). The van der Waals surface area contributed by atoms with Gasteiger partial charge in [-0.2, -0.15) is 0 Å². The third-order valence-electron chi connectivity index (χ3n) is 5.66. The minimum atomic E-state index is -3.55. The number of nitrogens with zero attached hydrogens (tertiary/aromatic N) is 1. The van der Waals surface area contributed by atoms with Crippen LogP contribution < -0.4 is 10.6 Å². The van der Waals surface area contributed by atoms with Crippen LogP contribution in [0.1, 0.15) is 32.1 Å². The lowest BCUT2D eigenvalue weighted by molar-refractivity contribution is -0.126. The lowest BCUT2D eigenvalue weighted by Gasteiger charge is -2.34. The molecule has 11 heteroatoms. The molecule has 166 valence electrons. The van der Waals surface area contributed by atoms with Crippen LogP contribution in [0, 0.1) is 5.92 Å². The predicted octanol–water partition coefficient (Wildman–Crippen LogP) is -1.39. The van der Waals surface area contributed by atoms with E-state index in [1.54, 1.807) is 0 Å². The molecule has 0 aromatic rings. The Labute approximate surface area is 170 Å². The van der Waals surface area contributed by atoms with Crippen LogP contribution in [-0.2, 0) is 19.4 Å². The Morgan fingerprint density at radius 2 is 1.69 bits per heavy atom. The van der Waals surface area contributed by atoms with Crippen LogP contribution in [0.15, 0.2) is 0 Å². The Morgan fingerprint density at radius 1 is 1.07 bits per heavy atom. The van der Waals surface area contributed by atoms with Crippen LogP contribution in [0.3, 0.4) is 0 Å². The summed E-state index contributed by atoms with van der Waals surface area (Å²) in [6.45, 7) is 1.47. The lowest BCUT2D eigenvalue weighted by Crippen LogP contribution is -2.60. The van der Waals surface area contributed by atoms with Crippen LogP contribution >= 0.6 is 0 Å². The first kappa shape index (κ1) is 22.3. The van der Waals surface area contributed by atoms with Crippen LogP contribution in [0.5, 0.6) is 0 Å². The maximum absolute atomic E-state index is 12.8. The second-order valence-corrected chi connectivity index (χ2v) is 10.4. The number of amides is 3. The summed E-state index contributed by atoms with van der Waals surface area (Å²) >= 11 is 0. The maximum atomic E-state index is 12.8. The van der Waals surface area contributed by atoms with Gasteiger partial charge in [0.25, 0.3) is 0 Å². The highest BCUT2D eigenvalue weighted by atomic mass is 32.2. The van der Waals surface area contributed by atoms with Crippen molar-refractivity contribution in [2.75, 3.05) is 37.8 Å². The van der Waals surface area contributed by atoms with Gasteiger partial charge in [0, 0.05) is 13.1 Å². The molecule has 1 heterocycles. The van der Waals surface area contributed by atoms with E-state index in [1.165, 1.54) is 4.90 Å². The van der Waals surface area contributed by atoms with E-state index in [9.17, 15) is 28.2 Å². The van der Waals surface area contributed by atoms with Gasteiger partial charge in [-0.3, -0.25) is 4.79 Å². The van der Waals surface area contributed by atoms with E-state index >= 15 is 0 Å². The molecule has 0 aromatic carbocycles. The molecular weight excluding hydrogens is 402 g/mol. The van der Waals surface area contributed by atoms with Crippen molar-refractivity contribution in [1.29, 1.82) is 0 Å². The fraction of sp³-hybridized carbons (Fsp3) is 0.889. The molecule has 3 fully saturated rings. The number of carbonyl (C=O) groups excluding carboxylic acids is 2. The first-order valence-electron chi connectivity index (χ1n) is 10.3. The van der Waals surface area contributed by atoms with Gasteiger partial charge in [-0.25, -0.2) is 13.2 Å². The third kappa shape index (κ3) is 6.53. The molecule has 3 atom stereocenters. The van der Waals surface area contributed by atoms with Crippen molar-refractivity contribution in [3.05, 3.63) is 0 Å². The second kappa shape index (κ2) is 9.59. The largest absolute Gasteiger partial charge is 0.391 e. The number of morpholine rings is 1. The highest BCUT2D eigenvalue weighted by molar-refractivity contribution is 7.91. The van der Waals surface area contributed by atoms with Crippen LogP contribution in [-0.4, -0.2) is 97.6 Å². The SMILES string of the molecule is O=C(NC1C(O)CCCC1O)[C@H](CS(=O)(=O)CC1CC1)NC(=O)N1CCOCC1. The van der Waals surface area contributed by atoms with Crippen LogP contribution in [0.4, 0.5) is 4.79 Å². The van der Waals surface area contributed by atoms with Crippen molar-refractivity contribution in [2.24, 2.45) is 5.92 Å². The van der Waals surface area contributed by atoms with Crippen molar-refractivity contribution in [2.45, 2.75) is 56.4 Å². The van der Waals surface area contributed by atoms with Gasteiger partial charge >= 0.3 is 6.03 Å². The Balaban J connectivity index is 1.68. The van der Waals surface area contributed by atoms with E-state index in [0.717, 1.165) is 12.8 Å². The van der Waals surface area contributed by atoms with Gasteiger partial charge in [0.05, 0.1) is 43.0 Å². The molecule has 3 amide bonds. The zero-order chi connectivity index (χ0) is 21.0. The minimum absolute atomic E-state index is 0.00111. The molecule has 1 saturated heterocycles. The monoisotopic (exact) mass is 433 g/mol. The fourth-order valence-electron chi connectivity index (χ4n) is 3.76. The molecule has 1 aliphatic heterocycles. The normalized spacial score (nSPS) is 29.2. The summed E-state index contributed by atoms with van der Waals surface area (Å²) in [6, 6.07) is -2.71. The number of aliphatic hydroxyl groups is 2. The average molecular weight is 434 g/mol. The number of ether oxygens (including phenoxy) is 1. The molecule has 29 heavy (non-hydrogen) atoms. The molecule has 0 radical (unpaired) electrons. The Morgan fingerprint density at radius 3 is 2.28 bits per heavy atom. The first-order chi connectivity index (χ1) is 13.7. The van der Waals surface area contributed by atoms with Crippen molar-refractivity contribution in [3.8, 4) is 0 Å². The van der Waals surface area contributed by atoms with Gasteiger partial charge < -0.3 is 30.5 Å². The summed E-state index contributed by atoms with van der Waals surface area (Å²) in [5.41, 5.74) is 0. The van der Waals surface area contributed by atoms with Gasteiger partial charge in [0.15, 0.2) is 9.84 Å². The Hall–Kier alpha value is -1.43. The van der Waals surface area contributed by atoms with Crippen LogP contribution in [0.25, 0.3) is 0 Å². The standard InChI is InChI=1S/C18H31N3O7S/c22-14-2-1-3-15(23)16(14)20-17(24)13(11-29(26,27)10-12-4-5-12)19-18(25)21-6-8-28-9-7-21/h12-16,22-23H,1-11H2,(H,19,25)(H,20,24)/t13-,14?,15?,16?/m0/s1. The summed E-state index contributed by atoms with van der Waals surface area (Å²) in [7, 11) is -3.55. The molecule has 2 aliphatic carbocycles. The van der Waals surface area contributed by atoms with E-state index < -0.39 is 51.8 Å². The van der Waals surface area contributed by atoms with Crippen molar-refractivity contribution < 1.29 is 33.0 Å². The smallest absolute Gasteiger partial charge is 0.318 e. The van der Waals surface area contributed by atoms with Crippen LogP contribution in [0.2, 0.25) is 0 Å². The molecule has 2 unspecified atom stereocenters.